The lowest BCUT2D eigenvalue weighted by atomic mass is 9.87. The zero-order chi connectivity index (χ0) is 16.4. The molecule has 0 aliphatic carbocycles. The molecule has 5 heteroatoms. The number of pyridine rings is 1. The van der Waals surface area contributed by atoms with E-state index in [9.17, 15) is 10.1 Å². The lowest BCUT2D eigenvalue weighted by Gasteiger charge is -2.37. The molecular formula is C18H19N3O2. The molecule has 2 aromatic rings. The van der Waals surface area contributed by atoms with E-state index in [0.29, 0.717) is 5.56 Å². The molecule has 23 heavy (non-hydrogen) atoms. The van der Waals surface area contributed by atoms with E-state index >= 15 is 0 Å². The molecule has 0 bridgehead atoms. The highest BCUT2D eigenvalue weighted by molar-refractivity contribution is 5.95. The van der Waals surface area contributed by atoms with Gasteiger partial charge in [0.2, 0.25) is 0 Å². The van der Waals surface area contributed by atoms with Crippen molar-refractivity contribution in [2.75, 3.05) is 25.1 Å². The van der Waals surface area contributed by atoms with Crippen LogP contribution < -0.4 is 9.64 Å². The molecule has 0 amide bonds. The van der Waals surface area contributed by atoms with Crippen LogP contribution in [0, 0.1) is 23.2 Å². The average Bonchev–Trinajstić information content (AvgIpc) is 2.60. The van der Waals surface area contributed by atoms with E-state index in [1.807, 2.05) is 18.2 Å². The van der Waals surface area contributed by atoms with Crippen molar-refractivity contribution >= 4 is 22.9 Å². The van der Waals surface area contributed by atoms with Crippen molar-refractivity contribution in [2.45, 2.75) is 13.3 Å². The number of benzene rings is 1. The molecule has 1 aromatic carbocycles. The summed E-state index contributed by atoms with van der Waals surface area (Å²) >= 11 is 0. The second kappa shape index (κ2) is 6.25. The van der Waals surface area contributed by atoms with E-state index in [2.05, 4.69) is 22.9 Å². The Balaban J connectivity index is 2.11. The van der Waals surface area contributed by atoms with E-state index in [1.165, 1.54) is 0 Å². The molecule has 1 saturated heterocycles. The molecule has 2 unspecified atom stereocenters. The molecule has 0 N–H and O–H groups in total. The van der Waals surface area contributed by atoms with Gasteiger partial charge in [-0.1, -0.05) is 6.92 Å². The smallest absolute Gasteiger partial charge is 0.123 e. The average molecular weight is 309 g/mol. The number of hydrogen-bond acceptors (Lipinski definition) is 5. The van der Waals surface area contributed by atoms with Crippen LogP contribution in [0.4, 0.5) is 5.69 Å². The van der Waals surface area contributed by atoms with Gasteiger partial charge in [0, 0.05) is 30.6 Å². The van der Waals surface area contributed by atoms with Crippen LogP contribution in [0.25, 0.3) is 10.9 Å². The van der Waals surface area contributed by atoms with Crippen LogP contribution in [0.5, 0.6) is 5.75 Å². The van der Waals surface area contributed by atoms with E-state index in [4.69, 9.17) is 4.74 Å². The number of carbonyl (C=O) groups is 1. The van der Waals surface area contributed by atoms with E-state index < -0.39 is 0 Å². The van der Waals surface area contributed by atoms with Gasteiger partial charge in [0.05, 0.1) is 23.9 Å². The zero-order valence-electron chi connectivity index (χ0n) is 13.3. The minimum Gasteiger partial charge on any atom is -0.497 e. The number of nitriles is 1. The van der Waals surface area contributed by atoms with Crippen molar-refractivity contribution < 1.29 is 9.53 Å². The first-order valence-corrected chi connectivity index (χ1v) is 7.75. The van der Waals surface area contributed by atoms with Gasteiger partial charge < -0.3 is 14.4 Å². The molecular weight excluding hydrogens is 290 g/mol. The summed E-state index contributed by atoms with van der Waals surface area (Å²) in [7, 11) is 1.63. The summed E-state index contributed by atoms with van der Waals surface area (Å²) in [6.45, 7) is 3.61. The summed E-state index contributed by atoms with van der Waals surface area (Å²) in [6.07, 6.45) is 3.49. The molecule has 3 rings (SSSR count). The van der Waals surface area contributed by atoms with Crippen molar-refractivity contribution in [3.8, 4) is 11.8 Å². The Hall–Kier alpha value is -2.61. The Kier molecular flexibility index (Phi) is 4.16. The molecule has 0 spiro atoms. The van der Waals surface area contributed by atoms with Crippen molar-refractivity contribution in [3.05, 3.63) is 30.0 Å². The van der Waals surface area contributed by atoms with Gasteiger partial charge in [0.25, 0.3) is 0 Å². The van der Waals surface area contributed by atoms with Gasteiger partial charge in [-0.3, -0.25) is 4.98 Å². The van der Waals surface area contributed by atoms with Crippen molar-refractivity contribution in [1.82, 2.24) is 4.98 Å². The number of fused-ring (bicyclic) bond motifs is 1. The second-order valence-corrected chi connectivity index (χ2v) is 6.03. The number of ether oxygens (including phenoxy) is 1. The van der Waals surface area contributed by atoms with Crippen LogP contribution in [0.3, 0.4) is 0 Å². The summed E-state index contributed by atoms with van der Waals surface area (Å²) in [5.74, 6) is 1.10. The largest absolute Gasteiger partial charge is 0.497 e. The third kappa shape index (κ3) is 2.72. The monoisotopic (exact) mass is 309 g/mol. The molecule has 2 atom stereocenters. The maximum Gasteiger partial charge on any atom is 0.123 e. The topological polar surface area (TPSA) is 66.2 Å². The van der Waals surface area contributed by atoms with Crippen molar-refractivity contribution in [1.29, 1.82) is 5.26 Å². The highest BCUT2D eigenvalue weighted by atomic mass is 16.5. The highest BCUT2D eigenvalue weighted by Crippen LogP contribution is 2.35. The lowest BCUT2D eigenvalue weighted by Crippen LogP contribution is -2.40. The first kappa shape index (κ1) is 15.3. The Labute approximate surface area is 135 Å². The van der Waals surface area contributed by atoms with E-state index in [-0.39, 0.29) is 11.8 Å². The fourth-order valence-corrected chi connectivity index (χ4v) is 3.28. The first-order valence-electron chi connectivity index (χ1n) is 7.75. The molecule has 1 aliphatic rings. The summed E-state index contributed by atoms with van der Waals surface area (Å²) in [6, 6.07) is 7.94. The fraction of sp³-hybridized carbons (Fsp3) is 0.389. The highest BCUT2D eigenvalue weighted by Gasteiger charge is 2.28. The Bertz CT molecular complexity index is 782. The van der Waals surface area contributed by atoms with Crippen LogP contribution in [0.15, 0.2) is 24.4 Å². The Morgan fingerprint density at radius 3 is 2.96 bits per heavy atom. The maximum atomic E-state index is 11.1. The van der Waals surface area contributed by atoms with Crippen LogP contribution in [0.1, 0.15) is 18.9 Å². The molecule has 5 nitrogen and oxygen atoms in total. The van der Waals surface area contributed by atoms with Crippen molar-refractivity contribution in [2.24, 2.45) is 11.8 Å². The summed E-state index contributed by atoms with van der Waals surface area (Å²) in [5, 5.41) is 10.4. The molecule has 1 aliphatic heterocycles. The van der Waals surface area contributed by atoms with Gasteiger partial charge >= 0.3 is 0 Å². The van der Waals surface area contributed by atoms with Gasteiger partial charge in [0.1, 0.15) is 18.1 Å². The number of piperidine rings is 1. The van der Waals surface area contributed by atoms with Crippen LogP contribution >= 0.6 is 0 Å². The predicted octanol–water partition coefficient (Wildman–Crippen LogP) is 2.78. The van der Waals surface area contributed by atoms with Crippen LogP contribution in [-0.2, 0) is 4.79 Å². The fourth-order valence-electron chi connectivity index (χ4n) is 3.28. The minimum absolute atomic E-state index is 0.0967. The number of hydrogen-bond donors (Lipinski definition) is 0. The first-order chi connectivity index (χ1) is 11.2. The third-order valence-electron chi connectivity index (χ3n) is 4.63. The minimum atomic E-state index is 0.0967. The molecule has 2 heterocycles. The molecule has 0 radical (unpaired) electrons. The molecule has 118 valence electrons. The van der Waals surface area contributed by atoms with Crippen LogP contribution in [-0.4, -0.2) is 31.5 Å². The van der Waals surface area contributed by atoms with Crippen LogP contribution in [0.2, 0.25) is 0 Å². The second-order valence-electron chi connectivity index (χ2n) is 6.03. The molecule has 0 saturated carbocycles. The number of rotatable bonds is 3. The number of anilines is 1. The summed E-state index contributed by atoms with van der Waals surface area (Å²) in [5.41, 5.74) is 2.29. The number of nitrogens with zero attached hydrogens (tertiary/aromatic N) is 3. The van der Waals surface area contributed by atoms with Gasteiger partial charge in [-0.25, -0.2) is 0 Å². The van der Waals surface area contributed by atoms with E-state index in [1.54, 1.807) is 13.3 Å². The number of carbonyl (C=O) groups excluding carboxylic acids is 1. The van der Waals surface area contributed by atoms with Gasteiger partial charge in [-0.05, 0) is 30.5 Å². The summed E-state index contributed by atoms with van der Waals surface area (Å²) < 4.78 is 5.32. The molecule has 1 aromatic heterocycles. The van der Waals surface area contributed by atoms with Gasteiger partial charge in [-0.2, -0.15) is 5.26 Å². The summed E-state index contributed by atoms with van der Waals surface area (Å²) in [4.78, 5) is 17.7. The van der Waals surface area contributed by atoms with Crippen molar-refractivity contribution in [3.63, 3.8) is 0 Å². The normalized spacial score (nSPS) is 21.0. The number of aldehydes is 1. The van der Waals surface area contributed by atoms with Gasteiger partial charge in [-0.15, -0.1) is 0 Å². The quantitative estimate of drug-likeness (QED) is 0.816. The van der Waals surface area contributed by atoms with E-state index in [0.717, 1.165) is 48.1 Å². The number of aromatic nitrogens is 1. The molecule has 1 fully saturated rings. The standard InChI is InChI=1S/C18H19N3O2/c1-12-10-21(6-5-13(12)11-22)18-14(8-19)9-20-17-4-3-15(23-2)7-16(17)18/h3-4,7,9,11-13H,5-6,10H2,1-2H3. The Morgan fingerprint density at radius 2 is 2.30 bits per heavy atom. The zero-order valence-corrected chi connectivity index (χ0v) is 13.3. The predicted molar refractivity (Wildman–Crippen MR) is 88.6 cm³/mol. The SMILES string of the molecule is COc1ccc2ncc(C#N)c(N3CCC(C=O)C(C)C3)c2c1. The lowest BCUT2D eigenvalue weighted by molar-refractivity contribution is -0.112. The number of methoxy groups -OCH3 is 1. The maximum absolute atomic E-state index is 11.1. The third-order valence-corrected chi connectivity index (χ3v) is 4.63. The Morgan fingerprint density at radius 1 is 1.48 bits per heavy atom. The van der Waals surface area contributed by atoms with Gasteiger partial charge in [0.15, 0.2) is 0 Å².